The van der Waals surface area contributed by atoms with Crippen LogP contribution in [-0.4, -0.2) is 39.8 Å². The summed E-state index contributed by atoms with van der Waals surface area (Å²) in [6.07, 6.45) is 3.98. The molecule has 2 aromatic rings. The van der Waals surface area contributed by atoms with E-state index in [4.69, 9.17) is 0 Å². The molecule has 0 unspecified atom stereocenters. The van der Waals surface area contributed by atoms with Crippen molar-refractivity contribution in [3.8, 4) is 5.69 Å². The Kier molecular flexibility index (Phi) is 3.62. The van der Waals surface area contributed by atoms with Crippen molar-refractivity contribution in [1.82, 2.24) is 14.9 Å². The van der Waals surface area contributed by atoms with Crippen molar-refractivity contribution in [1.29, 1.82) is 0 Å². The minimum Gasteiger partial charge on any atom is -0.389 e. The Morgan fingerprint density at radius 2 is 2.33 bits per heavy atom. The molecule has 0 fully saturated rings. The van der Waals surface area contributed by atoms with Crippen LogP contribution in [0.3, 0.4) is 0 Å². The van der Waals surface area contributed by atoms with Crippen molar-refractivity contribution in [2.24, 2.45) is 0 Å². The number of benzene rings is 1. The number of rotatable bonds is 5. The first-order chi connectivity index (χ1) is 10.1. The molecule has 0 saturated heterocycles. The number of aliphatic hydroxyl groups excluding tert-OH is 1. The van der Waals surface area contributed by atoms with E-state index in [-0.39, 0.29) is 12.5 Å². The highest BCUT2D eigenvalue weighted by Crippen LogP contribution is 2.28. The van der Waals surface area contributed by atoms with E-state index in [1.165, 1.54) is 12.5 Å². The lowest BCUT2D eigenvalue weighted by molar-refractivity contribution is -0.119. The second-order valence-corrected chi connectivity index (χ2v) is 5.21. The van der Waals surface area contributed by atoms with Crippen molar-refractivity contribution >= 4 is 11.6 Å². The summed E-state index contributed by atoms with van der Waals surface area (Å²) in [7, 11) is 0. The topological polar surface area (TPSA) is 79.2 Å². The number of nitrogens with one attached hydrogen (secondary N) is 2. The number of hydrogen-bond acceptors (Lipinski definition) is 4. The van der Waals surface area contributed by atoms with Gasteiger partial charge in [-0.3, -0.25) is 4.79 Å². The molecule has 0 aliphatic carbocycles. The molecule has 0 saturated carbocycles. The van der Waals surface area contributed by atoms with Gasteiger partial charge in [-0.05, 0) is 23.8 Å². The molecule has 3 N–H and O–H groups in total. The third kappa shape index (κ3) is 2.90. The lowest BCUT2D eigenvalue weighted by Crippen LogP contribution is -2.34. The summed E-state index contributed by atoms with van der Waals surface area (Å²) in [4.78, 5) is 15.1. The number of carbonyl (C=O) groups is 1. The fraction of sp³-hybridized carbons (Fsp3) is 0.333. The van der Waals surface area contributed by atoms with Crippen LogP contribution in [0.15, 0.2) is 30.6 Å². The summed E-state index contributed by atoms with van der Waals surface area (Å²) < 4.78 is 2.09. The lowest BCUT2D eigenvalue weighted by atomic mass is 10.1. The Labute approximate surface area is 122 Å². The fourth-order valence-electron chi connectivity index (χ4n) is 2.50. The van der Waals surface area contributed by atoms with Crippen molar-refractivity contribution < 1.29 is 9.90 Å². The Morgan fingerprint density at radius 3 is 3.14 bits per heavy atom. The van der Waals surface area contributed by atoms with Crippen LogP contribution < -0.4 is 10.6 Å². The van der Waals surface area contributed by atoms with Crippen LogP contribution in [0.4, 0.5) is 5.69 Å². The highest BCUT2D eigenvalue weighted by Gasteiger charge is 2.18. The highest BCUT2D eigenvalue weighted by atomic mass is 16.3. The Balaban J connectivity index is 1.60. The van der Waals surface area contributed by atoms with Crippen LogP contribution in [0.25, 0.3) is 5.69 Å². The predicted molar refractivity (Wildman–Crippen MR) is 79.6 cm³/mol. The van der Waals surface area contributed by atoms with E-state index < -0.39 is 6.10 Å². The molecular weight excluding hydrogens is 268 g/mol. The van der Waals surface area contributed by atoms with Gasteiger partial charge in [0, 0.05) is 44.5 Å². The molecule has 1 aliphatic rings. The summed E-state index contributed by atoms with van der Waals surface area (Å²) in [6.45, 7) is 2.08. The SMILES string of the molecule is CC(=O)NC[C@@H](O)CNc1ccc2c(c1)Cc1nccn1-2. The van der Waals surface area contributed by atoms with Gasteiger partial charge in [-0.1, -0.05) is 0 Å². The second kappa shape index (κ2) is 5.57. The number of aliphatic hydroxyl groups is 1. The summed E-state index contributed by atoms with van der Waals surface area (Å²) in [5.74, 6) is 0.911. The van der Waals surface area contributed by atoms with Crippen LogP contribution in [0.2, 0.25) is 0 Å². The fourth-order valence-corrected chi connectivity index (χ4v) is 2.50. The van der Waals surface area contributed by atoms with Gasteiger partial charge >= 0.3 is 0 Å². The number of nitrogens with zero attached hydrogens (tertiary/aromatic N) is 2. The normalized spacial score (nSPS) is 13.4. The van der Waals surface area contributed by atoms with Crippen molar-refractivity contribution in [2.75, 3.05) is 18.4 Å². The first-order valence-corrected chi connectivity index (χ1v) is 6.95. The Hall–Kier alpha value is -2.34. The highest BCUT2D eigenvalue weighted by molar-refractivity contribution is 5.72. The minimum atomic E-state index is -0.613. The summed E-state index contributed by atoms with van der Waals surface area (Å²) in [6, 6.07) is 6.12. The van der Waals surface area contributed by atoms with E-state index in [0.29, 0.717) is 6.54 Å². The van der Waals surface area contributed by atoms with Gasteiger partial charge in [0.2, 0.25) is 5.91 Å². The molecule has 1 amide bonds. The maximum Gasteiger partial charge on any atom is 0.216 e. The lowest BCUT2D eigenvalue weighted by Gasteiger charge is -2.14. The van der Waals surface area contributed by atoms with Gasteiger partial charge in [-0.15, -0.1) is 0 Å². The first-order valence-electron chi connectivity index (χ1n) is 6.95. The molecule has 0 spiro atoms. The molecule has 1 aliphatic heterocycles. The monoisotopic (exact) mass is 286 g/mol. The molecular formula is C15H18N4O2. The molecule has 2 heterocycles. The molecule has 21 heavy (non-hydrogen) atoms. The minimum absolute atomic E-state index is 0.138. The van der Waals surface area contributed by atoms with E-state index in [9.17, 15) is 9.90 Å². The summed E-state index contributed by atoms with van der Waals surface area (Å²) >= 11 is 0. The standard InChI is InChI=1S/C15H18N4O2/c1-10(20)17-8-13(21)9-18-12-2-3-14-11(6-12)7-15-16-4-5-19(14)15/h2-6,13,18,21H,7-9H2,1H3,(H,17,20)/t13-/m1/s1. The molecule has 1 aromatic carbocycles. The molecule has 0 bridgehead atoms. The first kappa shape index (κ1) is 13.6. The maximum atomic E-state index is 10.8. The van der Waals surface area contributed by atoms with E-state index in [1.807, 2.05) is 18.5 Å². The van der Waals surface area contributed by atoms with Gasteiger partial charge in [-0.25, -0.2) is 4.98 Å². The van der Waals surface area contributed by atoms with E-state index in [1.54, 1.807) is 0 Å². The molecule has 110 valence electrons. The summed E-state index contributed by atoms with van der Waals surface area (Å²) in [5.41, 5.74) is 3.34. The number of fused-ring (bicyclic) bond motifs is 3. The van der Waals surface area contributed by atoms with Gasteiger partial charge in [0.05, 0.1) is 11.8 Å². The summed E-state index contributed by atoms with van der Waals surface area (Å²) in [5, 5.41) is 15.5. The quantitative estimate of drug-likeness (QED) is 0.644. The van der Waals surface area contributed by atoms with Crippen molar-refractivity contribution in [2.45, 2.75) is 19.4 Å². The average Bonchev–Trinajstić information content (AvgIpc) is 3.02. The molecule has 6 heteroatoms. The third-order valence-electron chi connectivity index (χ3n) is 3.53. The van der Waals surface area contributed by atoms with Crippen molar-refractivity contribution in [3.63, 3.8) is 0 Å². The number of imidazole rings is 1. The number of hydrogen-bond donors (Lipinski definition) is 3. The average molecular weight is 286 g/mol. The van der Waals surface area contributed by atoms with Crippen molar-refractivity contribution in [3.05, 3.63) is 42.0 Å². The van der Waals surface area contributed by atoms with Gasteiger partial charge in [0.1, 0.15) is 5.82 Å². The van der Waals surface area contributed by atoms with Crippen LogP contribution in [-0.2, 0) is 11.2 Å². The zero-order valence-corrected chi connectivity index (χ0v) is 11.8. The molecule has 1 aromatic heterocycles. The van der Waals surface area contributed by atoms with Gasteiger partial charge in [0.25, 0.3) is 0 Å². The van der Waals surface area contributed by atoms with Crippen LogP contribution in [0, 0.1) is 0 Å². The van der Waals surface area contributed by atoms with Gasteiger partial charge in [0.15, 0.2) is 0 Å². The predicted octanol–water partition coefficient (Wildman–Crippen LogP) is 0.685. The number of carbonyl (C=O) groups excluding carboxylic acids is 1. The van der Waals surface area contributed by atoms with E-state index in [0.717, 1.165) is 23.6 Å². The largest absolute Gasteiger partial charge is 0.389 e. The molecule has 0 radical (unpaired) electrons. The van der Waals surface area contributed by atoms with E-state index >= 15 is 0 Å². The van der Waals surface area contributed by atoms with Gasteiger partial charge in [-0.2, -0.15) is 0 Å². The van der Waals surface area contributed by atoms with E-state index in [2.05, 4.69) is 32.3 Å². The molecule has 6 nitrogen and oxygen atoms in total. The smallest absolute Gasteiger partial charge is 0.216 e. The number of aromatic nitrogens is 2. The Bertz CT molecular complexity index is 665. The zero-order chi connectivity index (χ0) is 14.8. The van der Waals surface area contributed by atoms with Crippen LogP contribution in [0.5, 0.6) is 0 Å². The van der Waals surface area contributed by atoms with Crippen LogP contribution >= 0.6 is 0 Å². The third-order valence-corrected chi connectivity index (χ3v) is 3.53. The second-order valence-electron chi connectivity index (χ2n) is 5.21. The maximum absolute atomic E-state index is 10.8. The van der Waals surface area contributed by atoms with Crippen LogP contribution in [0.1, 0.15) is 18.3 Å². The number of anilines is 1. The van der Waals surface area contributed by atoms with Gasteiger partial charge < -0.3 is 20.3 Å². The zero-order valence-electron chi connectivity index (χ0n) is 11.8. The Morgan fingerprint density at radius 1 is 1.48 bits per heavy atom. The molecule has 3 rings (SSSR count). The molecule has 1 atom stereocenters. The number of amides is 1.